The van der Waals surface area contributed by atoms with Crippen LogP contribution in [0.1, 0.15) is 38.8 Å². The van der Waals surface area contributed by atoms with Crippen LogP contribution in [0.4, 0.5) is 9.59 Å². The molecular weight excluding hydrogens is 364 g/mol. The molecule has 2 unspecified atom stereocenters. The van der Waals surface area contributed by atoms with Gasteiger partial charge >= 0.3 is 12.2 Å². The van der Waals surface area contributed by atoms with Crippen molar-refractivity contribution in [1.82, 2.24) is 10.6 Å². The van der Waals surface area contributed by atoms with Gasteiger partial charge in [0.2, 0.25) is 0 Å². The van der Waals surface area contributed by atoms with Gasteiger partial charge < -0.3 is 29.6 Å². The summed E-state index contributed by atoms with van der Waals surface area (Å²) in [7, 11) is 0. The van der Waals surface area contributed by atoms with Crippen LogP contribution in [0.25, 0.3) is 0 Å². The van der Waals surface area contributed by atoms with Gasteiger partial charge in [0.1, 0.15) is 25.4 Å². The van der Waals surface area contributed by atoms with E-state index < -0.39 is 23.3 Å². The van der Waals surface area contributed by atoms with Crippen LogP contribution in [0, 0.1) is 0 Å². The minimum absolute atomic E-state index is 0.0234. The number of nitrogens with one attached hydrogen (secondary N) is 2. The Kier molecular flexibility index (Phi) is 5.81. The third-order valence-electron chi connectivity index (χ3n) is 4.74. The summed E-state index contributed by atoms with van der Waals surface area (Å²) < 4.78 is 20.4. The Morgan fingerprint density at radius 2 is 1.32 bits per heavy atom. The molecule has 8 nitrogen and oxygen atoms in total. The standard InChI is InChI=1S/C20H28N2O6/c1-19(2,21-17(23)27-11-15-9-25-15)13-6-5-7-14(8-13)20(3,4)22-18(24)28-12-16-10-26-16/h5-8,15-16H,9-12H2,1-4H3,(H,21,23)(H,22,24). The maximum absolute atomic E-state index is 12.1. The Morgan fingerprint density at radius 1 is 0.929 bits per heavy atom. The number of carbonyl (C=O) groups is 2. The molecule has 0 aliphatic carbocycles. The highest BCUT2D eigenvalue weighted by atomic mass is 16.6. The molecular formula is C20H28N2O6. The number of hydrogen-bond acceptors (Lipinski definition) is 6. The molecule has 2 aliphatic rings. The number of epoxide rings is 2. The maximum atomic E-state index is 12.1. The quantitative estimate of drug-likeness (QED) is 0.659. The SMILES string of the molecule is CC(C)(NC(=O)OCC1CO1)c1cccc(C(C)(C)NC(=O)OCC2CO2)c1. The van der Waals surface area contributed by atoms with E-state index in [2.05, 4.69) is 10.6 Å². The second-order valence-corrected chi connectivity index (χ2v) is 8.19. The van der Waals surface area contributed by atoms with E-state index in [0.717, 1.165) is 11.1 Å². The zero-order chi connectivity index (χ0) is 20.4. The molecule has 2 saturated heterocycles. The number of alkyl carbamates (subject to hydrolysis) is 2. The lowest BCUT2D eigenvalue weighted by Gasteiger charge is -2.30. The van der Waals surface area contributed by atoms with Gasteiger partial charge in [0.25, 0.3) is 0 Å². The summed E-state index contributed by atoms with van der Waals surface area (Å²) in [4.78, 5) is 24.1. The van der Waals surface area contributed by atoms with Crippen LogP contribution < -0.4 is 10.6 Å². The molecule has 1 aromatic rings. The van der Waals surface area contributed by atoms with Crippen molar-refractivity contribution in [2.75, 3.05) is 26.4 Å². The fourth-order valence-electron chi connectivity index (χ4n) is 2.69. The third kappa shape index (κ3) is 5.84. The molecule has 2 N–H and O–H groups in total. The number of hydrogen-bond donors (Lipinski definition) is 2. The van der Waals surface area contributed by atoms with Crippen molar-refractivity contribution in [3.8, 4) is 0 Å². The van der Waals surface area contributed by atoms with Crippen molar-refractivity contribution in [1.29, 1.82) is 0 Å². The summed E-state index contributed by atoms with van der Waals surface area (Å²) in [5, 5.41) is 5.74. The molecule has 0 radical (unpaired) electrons. The lowest BCUT2D eigenvalue weighted by molar-refractivity contribution is 0.126. The lowest BCUT2D eigenvalue weighted by atomic mass is 9.87. The Hall–Kier alpha value is -2.32. The lowest BCUT2D eigenvalue weighted by Crippen LogP contribution is -2.43. The highest BCUT2D eigenvalue weighted by Crippen LogP contribution is 2.27. The number of ether oxygens (including phenoxy) is 4. The highest BCUT2D eigenvalue weighted by molar-refractivity contribution is 5.69. The number of amides is 2. The van der Waals surface area contributed by atoms with Crippen LogP contribution in [0.5, 0.6) is 0 Å². The van der Waals surface area contributed by atoms with E-state index >= 15 is 0 Å². The minimum Gasteiger partial charge on any atom is -0.447 e. The van der Waals surface area contributed by atoms with Crippen LogP contribution >= 0.6 is 0 Å². The molecule has 2 amide bonds. The molecule has 1 aromatic carbocycles. The molecule has 28 heavy (non-hydrogen) atoms. The number of benzene rings is 1. The van der Waals surface area contributed by atoms with Crippen molar-refractivity contribution in [2.24, 2.45) is 0 Å². The molecule has 8 heteroatoms. The summed E-state index contributed by atoms with van der Waals surface area (Å²) in [5.74, 6) is 0. The van der Waals surface area contributed by atoms with E-state index in [-0.39, 0.29) is 25.4 Å². The summed E-state index contributed by atoms with van der Waals surface area (Å²) in [6.07, 6.45) is -0.936. The first-order valence-electron chi connectivity index (χ1n) is 9.40. The van der Waals surface area contributed by atoms with Gasteiger partial charge in [-0.05, 0) is 38.8 Å². The molecule has 154 valence electrons. The van der Waals surface area contributed by atoms with E-state index in [1.807, 2.05) is 52.0 Å². The van der Waals surface area contributed by atoms with E-state index in [4.69, 9.17) is 18.9 Å². The van der Waals surface area contributed by atoms with Gasteiger partial charge in [-0.3, -0.25) is 0 Å². The topological polar surface area (TPSA) is 102 Å². The van der Waals surface area contributed by atoms with Crippen LogP contribution in [0.3, 0.4) is 0 Å². The Labute approximate surface area is 164 Å². The van der Waals surface area contributed by atoms with E-state index in [9.17, 15) is 9.59 Å². The fraction of sp³-hybridized carbons (Fsp3) is 0.600. The zero-order valence-corrected chi connectivity index (χ0v) is 16.7. The van der Waals surface area contributed by atoms with Gasteiger partial charge in [-0.2, -0.15) is 0 Å². The van der Waals surface area contributed by atoms with Crippen LogP contribution in [-0.4, -0.2) is 50.8 Å². The molecule has 0 saturated carbocycles. The molecule has 3 rings (SSSR count). The van der Waals surface area contributed by atoms with Gasteiger partial charge in [-0.25, -0.2) is 9.59 Å². The van der Waals surface area contributed by atoms with Gasteiger partial charge in [0.05, 0.1) is 24.3 Å². The monoisotopic (exact) mass is 392 g/mol. The van der Waals surface area contributed by atoms with Gasteiger partial charge in [0.15, 0.2) is 0 Å². The second kappa shape index (κ2) is 7.97. The van der Waals surface area contributed by atoms with E-state index in [1.54, 1.807) is 0 Å². The zero-order valence-electron chi connectivity index (χ0n) is 16.7. The molecule has 0 spiro atoms. The molecule has 0 bridgehead atoms. The average Bonchev–Trinajstić information content (AvgIpc) is 3.53. The van der Waals surface area contributed by atoms with Gasteiger partial charge in [-0.1, -0.05) is 24.3 Å². The van der Waals surface area contributed by atoms with Crippen molar-refractivity contribution >= 4 is 12.2 Å². The molecule has 2 heterocycles. The molecule has 2 atom stereocenters. The summed E-state index contributed by atoms with van der Waals surface area (Å²) >= 11 is 0. The normalized spacial score (nSPS) is 20.9. The second-order valence-electron chi connectivity index (χ2n) is 8.19. The smallest absolute Gasteiger partial charge is 0.407 e. The van der Waals surface area contributed by atoms with Crippen molar-refractivity contribution < 1.29 is 28.5 Å². The van der Waals surface area contributed by atoms with Crippen molar-refractivity contribution in [2.45, 2.75) is 51.0 Å². The van der Waals surface area contributed by atoms with Crippen LogP contribution in [-0.2, 0) is 30.0 Å². The van der Waals surface area contributed by atoms with Crippen molar-refractivity contribution in [3.63, 3.8) is 0 Å². The van der Waals surface area contributed by atoms with Crippen LogP contribution in [0.15, 0.2) is 24.3 Å². The minimum atomic E-state index is -0.655. The Balaban J connectivity index is 1.61. The highest BCUT2D eigenvalue weighted by Gasteiger charge is 2.30. The fourth-order valence-corrected chi connectivity index (χ4v) is 2.69. The summed E-state index contributed by atoms with van der Waals surface area (Å²) in [5.41, 5.74) is 0.466. The van der Waals surface area contributed by atoms with Gasteiger partial charge in [0, 0.05) is 0 Å². The first kappa shape index (κ1) is 20.4. The average molecular weight is 392 g/mol. The maximum Gasteiger partial charge on any atom is 0.407 e. The predicted octanol–water partition coefficient (Wildman–Crippen LogP) is 2.41. The van der Waals surface area contributed by atoms with E-state index in [1.165, 1.54) is 0 Å². The largest absolute Gasteiger partial charge is 0.447 e. The van der Waals surface area contributed by atoms with Gasteiger partial charge in [-0.15, -0.1) is 0 Å². The first-order chi connectivity index (χ1) is 13.2. The molecule has 0 aromatic heterocycles. The number of carbonyl (C=O) groups excluding carboxylic acids is 2. The molecule has 2 aliphatic heterocycles. The Morgan fingerprint density at radius 3 is 1.68 bits per heavy atom. The molecule has 2 fully saturated rings. The summed E-state index contributed by atoms with van der Waals surface area (Å²) in [6.45, 7) is 9.36. The third-order valence-corrected chi connectivity index (χ3v) is 4.74. The van der Waals surface area contributed by atoms with Crippen molar-refractivity contribution in [3.05, 3.63) is 35.4 Å². The van der Waals surface area contributed by atoms with E-state index in [0.29, 0.717) is 13.2 Å². The van der Waals surface area contributed by atoms with Crippen LogP contribution in [0.2, 0.25) is 0 Å². The Bertz CT molecular complexity index is 668. The first-order valence-corrected chi connectivity index (χ1v) is 9.40. The summed E-state index contributed by atoms with van der Waals surface area (Å²) in [6, 6.07) is 7.69. The number of rotatable bonds is 8. The predicted molar refractivity (Wildman–Crippen MR) is 101 cm³/mol.